The molecule has 1 atom stereocenters. The SMILES string of the molecule is CCN(CC(=O)NN1C(=O)NC(C)(CCc2ccccc2)C1=O)c1ccc(F)cc1. The maximum absolute atomic E-state index is 13.1. The number of hydrazine groups is 1. The maximum atomic E-state index is 13.1. The first kappa shape index (κ1) is 21.3. The van der Waals surface area contributed by atoms with Crippen LogP contribution in [0.25, 0.3) is 0 Å². The summed E-state index contributed by atoms with van der Waals surface area (Å²) in [7, 11) is 0. The van der Waals surface area contributed by atoms with Crippen molar-refractivity contribution in [1.82, 2.24) is 15.8 Å². The summed E-state index contributed by atoms with van der Waals surface area (Å²) in [6.45, 7) is 3.91. The molecular weight excluding hydrogens is 387 g/mol. The molecule has 1 heterocycles. The van der Waals surface area contributed by atoms with Gasteiger partial charge in [-0.25, -0.2) is 9.18 Å². The van der Waals surface area contributed by atoms with Crippen molar-refractivity contribution in [3.05, 3.63) is 66.0 Å². The van der Waals surface area contributed by atoms with E-state index < -0.39 is 23.4 Å². The lowest BCUT2D eigenvalue weighted by atomic mass is 9.93. The first-order chi connectivity index (χ1) is 14.3. The zero-order chi connectivity index (χ0) is 21.7. The summed E-state index contributed by atoms with van der Waals surface area (Å²) in [5, 5.41) is 3.42. The van der Waals surface area contributed by atoms with E-state index in [1.165, 1.54) is 12.1 Å². The van der Waals surface area contributed by atoms with Crippen LogP contribution in [0.4, 0.5) is 14.9 Å². The molecule has 30 heavy (non-hydrogen) atoms. The van der Waals surface area contributed by atoms with Crippen LogP contribution in [0.3, 0.4) is 0 Å². The summed E-state index contributed by atoms with van der Waals surface area (Å²) < 4.78 is 13.1. The van der Waals surface area contributed by atoms with Crippen molar-refractivity contribution in [3.8, 4) is 0 Å². The molecule has 1 saturated heterocycles. The summed E-state index contributed by atoms with van der Waals surface area (Å²) in [6, 6.07) is 14.8. The summed E-state index contributed by atoms with van der Waals surface area (Å²) in [5.74, 6) is -1.38. The second-order valence-corrected chi connectivity index (χ2v) is 7.41. The largest absolute Gasteiger partial charge is 0.362 e. The lowest BCUT2D eigenvalue weighted by Crippen LogP contribution is -2.51. The molecule has 0 bridgehead atoms. The van der Waals surface area contributed by atoms with Crippen molar-refractivity contribution in [2.24, 2.45) is 0 Å². The average Bonchev–Trinajstić information content (AvgIpc) is 2.95. The maximum Gasteiger partial charge on any atom is 0.344 e. The van der Waals surface area contributed by atoms with Gasteiger partial charge in [-0.2, -0.15) is 5.01 Å². The average molecular weight is 412 g/mol. The number of anilines is 1. The number of amides is 4. The monoisotopic (exact) mass is 412 g/mol. The van der Waals surface area contributed by atoms with Crippen molar-refractivity contribution in [2.75, 3.05) is 18.0 Å². The Morgan fingerprint density at radius 3 is 2.43 bits per heavy atom. The van der Waals surface area contributed by atoms with Crippen molar-refractivity contribution in [1.29, 1.82) is 0 Å². The number of rotatable bonds is 8. The van der Waals surface area contributed by atoms with Gasteiger partial charge in [-0.15, -0.1) is 0 Å². The number of hydrogen-bond donors (Lipinski definition) is 2. The standard InChI is InChI=1S/C22H25FN4O3/c1-3-26(18-11-9-17(23)10-12-18)15-19(28)25-27-20(29)22(2,24-21(27)30)14-13-16-7-5-4-6-8-16/h4-12H,3,13-15H2,1-2H3,(H,24,30)(H,25,28). The molecular formula is C22H25FN4O3. The number of urea groups is 1. The molecule has 0 radical (unpaired) electrons. The van der Waals surface area contributed by atoms with Crippen LogP contribution in [0.1, 0.15) is 25.8 Å². The fourth-order valence-electron chi connectivity index (χ4n) is 3.37. The predicted octanol–water partition coefficient (Wildman–Crippen LogP) is 2.63. The molecule has 8 heteroatoms. The molecule has 2 aromatic carbocycles. The summed E-state index contributed by atoms with van der Waals surface area (Å²) in [5.41, 5.74) is 3.02. The third-order valence-corrected chi connectivity index (χ3v) is 5.16. The van der Waals surface area contributed by atoms with Crippen molar-refractivity contribution >= 4 is 23.5 Å². The number of carbonyl (C=O) groups excluding carboxylic acids is 3. The highest BCUT2D eigenvalue weighted by molar-refractivity contribution is 6.07. The van der Waals surface area contributed by atoms with Gasteiger partial charge in [0.15, 0.2) is 0 Å². The molecule has 7 nitrogen and oxygen atoms in total. The first-order valence-electron chi connectivity index (χ1n) is 9.83. The van der Waals surface area contributed by atoms with Crippen molar-refractivity contribution in [2.45, 2.75) is 32.2 Å². The molecule has 3 rings (SSSR count). The zero-order valence-corrected chi connectivity index (χ0v) is 17.0. The lowest BCUT2D eigenvalue weighted by Gasteiger charge is -2.24. The van der Waals surface area contributed by atoms with Crippen LogP contribution in [0.15, 0.2) is 54.6 Å². The number of imide groups is 1. The normalized spacial score (nSPS) is 18.3. The lowest BCUT2D eigenvalue weighted by molar-refractivity contribution is -0.138. The second kappa shape index (κ2) is 8.94. The number of nitrogens with one attached hydrogen (secondary N) is 2. The molecule has 1 unspecified atom stereocenters. The molecule has 0 aromatic heterocycles. The van der Waals surface area contributed by atoms with Gasteiger partial charge in [-0.3, -0.25) is 15.0 Å². The molecule has 158 valence electrons. The molecule has 2 N–H and O–H groups in total. The van der Waals surface area contributed by atoms with Gasteiger partial charge in [0.25, 0.3) is 11.8 Å². The van der Waals surface area contributed by atoms with Crippen LogP contribution in [0.2, 0.25) is 0 Å². The fourth-order valence-corrected chi connectivity index (χ4v) is 3.37. The Kier molecular flexibility index (Phi) is 6.34. The number of aryl methyl sites for hydroxylation is 1. The molecule has 1 fully saturated rings. The Hall–Kier alpha value is -3.42. The van der Waals surface area contributed by atoms with Crippen LogP contribution in [0, 0.1) is 5.82 Å². The third-order valence-electron chi connectivity index (χ3n) is 5.16. The quantitative estimate of drug-likeness (QED) is 0.653. The number of benzene rings is 2. The van der Waals surface area contributed by atoms with Crippen LogP contribution in [-0.4, -0.2) is 41.5 Å². The first-order valence-corrected chi connectivity index (χ1v) is 9.83. The topological polar surface area (TPSA) is 81.8 Å². The van der Waals surface area contributed by atoms with Crippen LogP contribution >= 0.6 is 0 Å². The molecule has 4 amide bonds. The van der Waals surface area contributed by atoms with Crippen molar-refractivity contribution < 1.29 is 18.8 Å². The van der Waals surface area contributed by atoms with Gasteiger partial charge in [0, 0.05) is 12.2 Å². The highest BCUT2D eigenvalue weighted by Crippen LogP contribution is 2.22. The summed E-state index contributed by atoms with van der Waals surface area (Å²) in [4.78, 5) is 39.4. The molecule has 1 aliphatic rings. The van der Waals surface area contributed by atoms with Gasteiger partial charge in [0.1, 0.15) is 11.4 Å². The summed E-state index contributed by atoms with van der Waals surface area (Å²) in [6.07, 6.45) is 1.02. The van der Waals surface area contributed by atoms with E-state index in [1.807, 2.05) is 37.3 Å². The third kappa shape index (κ3) is 4.76. The molecule has 1 aliphatic heterocycles. The number of likely N-dealkylation sites (N-methyl/N-ethyl adjacent to an activating group) is 1. The van der Waals surface area contributed by atoms with Gasteiger partial charge in [-0.1, -0.05) is 30.3 Å². The smallest absolute Gasteiger partial charge is 0.344 e. The number of nitrogens with zero attached hydrogens (tertiary/aromatic N) is 2. The van der Waals surface area contributed by atoms with Gasteiger partial charge >= 0.3 is 6.03 Å². The highest BCUT2D eigenvalue weighted by atomic mass is 19.1. The van der Waals surface area contributed by atoms with Crippen LogP contribution in [0.5, 0.6) is 0 Å². The Labute approximate surface area is 174 Å². The fraction of sp³-hybridized carbons (Fsp3) is 0.318. The van der Waals surface area contributed by atoms with E-state index in [1.54, 1.807) is 24.0 Å². The number of hydrogen-bond acceptors (Lipinski definition) is 4. The molecule has 0 aliphatic carbocycles. The van der Waals surface area contributed by atoms with E-state index in [0.29, 0.717) is 25.1 Å². The number of carbonyl (C=O) groups is 3. The molecule has 0 saturated carbocycles. The summed E-state index contributed by atoms with van der Waals surface area (Å²) >= 11 is 0. The van der Waals surface area contributed by atoms with Gasteiger partial charge in [0.2, 0.25) is 0 Å². The van der Waals surface area contributed by atoms with Crippen molar-refractivity contribution in [3.63, 3.8) is 0 Å². The van der Waals surface area contributed by atoms with Crippen LogP contribution < -0.4 is 15.6 Å². The minimum absolute atomic E-state index is 0.0834. The van der Waals surface area contributed by atoms with Gasteiger partial charge < -0.3 is 10.2 Å². The van der Waals surface area contributed by atoms with Crippen LogP contribution in [-0.2, 0) is 16.0 Å². The van der Waals surface area contributed by atoms with E-state index in [-0.39, 0.29) is 12.4 Å². The second-order valence-electron chi connectivity index (χ2n) is 7.41. The van der Waals surface area contributed by atoms with Gasteiger partial charge in [0.05, 0.1) is 6.54 Å². The van der Waals surface area contributed by atoms with E-state index in [9.17, 15) is 18.8 Å². The van der Waals surface area contributed by atoms with E-state index in [0.717, 1.165) is 10.6 Å². The number of halogens is 1. The minimum Gasteiger partial charge on any atom is -0.362 e. The Morgan fingerprint density at radius 1 is 1.13 bits per heavy atom. The Morgan fingerprint density at radius 2 is 1.80 bits per heavy atom. The highest BCUT2D eigenvalue weighted by Gasteiger charge is 2.48. The molecule has 2 aromatic rings. The van der Waals surface area contributed by atoms with E-state index >= 15 is 0 Å². The zero-order valence-electron chi connectivity index (χ0n) is 17.0. The van der Waals surface area contributed by atoms with E-state index in [4.69, 9.17) is 0 Å². The molecule has 0 spiro atoms. The minimum atomic E-state index is -1.10. The van der Waals surface area contributed by atoms with E-state index in [2.05, 4.69) is 10.7 Å². The predicted molar refractivity (Wildman–Crippen MR) is 111 cm³/mol. The Bertz CT molecular complexity index is 920. The Balaban J connectivity index is 1.61. The van der Waals surface area contributed by atoms with Gasteiger partial charge in [-0.05, 0) is 56.5 Å².